The zero-order chi connectivity index (χ0) is 23.9. The molecule has 2 N–H and O–H groups in total. The van der Waals surface area contributed by atoms with Crippen LogP contribution in [-0.2, 0) is 0 Å². The van der Waals surface area contributed by atoms with E-state index in [1.54, 1.807) is 39.0 Å². The van der Waals surface area contributed by atoms with Gasteiger partial charge in [-0.2, -0.15) is 0 Å². The molecule has 9 nitrogen and oxygen atoms in total. The largest absolute Gasteiger partial charge is 0.493 e. The van der Waals surface area contributed by atoms with Crippen LogP contribution in [0.2, 0.25) is 0 Å². The lowest BCUT2D eigenvalue weighted by molar-refractivity contribution is -0.384. The molecule has 3 rings (SSSR count). The van der Waals surface area contributed by atoms with Crippen LogP contribution in [0.1, 0.15) is 27.8 Å². The summed E-state index contributed by atoms with van der Waals surface area (Å²) in [6, 6.07) is 5.02. The SMILES string of the molecule is Cc1cc(Br)c(C)c([N+](=O)[O-])c1N=Cc1c(O)n(-c2ccc(Br)c(C)c2C)c(=O)[nH]c1=O. The predicted octanol–water partition coefficient (Wildman–Crippen LogP) is 4.65. The number of aromatic amines is 1. The van der Waals surface area contributed by atoms with Gasteiger partial charge in [-0.25, -0.2) is 14.4 Å². The first-order chi connectivity index (χ1) is 15.0. The van der Waals surface area contributed by atoms with Gasteiger partial charge in [0.15, 0.2) is 0 Å². The van der Waals surface area contributed by atoms with Crippen LogP contribution in [0.3, 0.4) is 0 Å². The molecule has 11 heteroatoms. The molecule has 166 valence electrons. The zero-order valence-electron chi connectivity index (χ0n) is 17.5. The summed E-state index contributed by atoms with van der Waals surface area (Å²) in [6.45, 7) is 6.83. The van der Waals surface area contributed by atoms with Crippen molar-refractivity contribution in [2.24, 2.45) is 4.99 Å². The number of nitrogens with zero attached hydrogens (tertiary/aromatic N) is 3. The fraction of sp³-hybridized carbons (Fsp3) is 0.190. The Hall–Kier alpha value is -3.05. The lowest BCUT2D eigenvalue weighted by atomic mass is 10.1. The molecule has 0 aliphatic heterocycles. The van der Waals surface area contributed by atoms with Gasteiger partial charge in [0.1, 0.15) is 11.3 Å². The molecule has 0 spiro atoms. The Morgan fingerprint density at radius 1 is 1.09 bits per heavy atom. The van der Waals surface area contributed by atoms with Crippen LogP contribution < -0.4 is 11.2 Å². The van der Waals surface area contributed by atoms with Gasteiger partial charge in [-0.15, -0.1) is 0 Å². The first-order valence-corrected chi connectivity index (χ1v) is 10.9. The number of H-pyrrole nitrogens is 1. The number of halogens is 2. The number of aliphatic imine (C=N–C) groups is 1. The Morgan fingerprint density at radius 3 is 2.38 bits per heavy atom. The predicted molar refractivity (Wildman–Crippen MR) is 129 cm³/mol. The van der Waals surface area contributed by atoms with E-state index in [4.69, 9.17) is 0 Å². The number of nitrogens with one attached hydrogen (secondary N) is 1. The molecule has 0 atom stereocenters. The van der Waals surface area contributed by atoms with Crippen molar-refractivity contribution in [3.05, 3.63) is 85.9 Å². The number of hydrogen-bond acceptors (Lipinski definition) is 6. The number of nitro benzene ring substituents is 1. The van der Waals surface area contributed by atoms with Gasteiger partial charge in [-0.3, -0.25) is 19.9 Å². The summed E-state index contributed by atoms with van der Waals surface area (Å²) in [6.07, 6.45) is 1.02. The first-order valence-electron chi connectivity index (χ1n) is 9.28. The van der Waals surface area contributed by atoms with Crippen molar-refractivity contribution in [2.75, 3.05) is 0 Å². The monoisotopic (exact) mass is 564 g/mol. The number of aryl methyl sites for hydroxylation is 1. The highest BCUT2D eigenvalue weighted by Crippen LogP contribution is 2.38. The van der Waals surface area contributed by atoms with Crippen LogP contribution in [-0.4, -0.2) is 25.8 Å². The van der Waals surface area contributed by atoms with E-state index in [1.807, 2.05) is 6.92 Å². The lowest BCUT2D eigenvalue weighted by Crippen LogP contribution is -2.31. The molecule has 0 bridgehead atoms. The van der Waals surface area contributed by atoms with Crippen LogP contribution in [0.5, 0.6) is 5.88 Å². The maximum absolute atomic E-state index is 12.5. The Morgan fingerprint density at radius 2 is 1.75 bits per heavy atom. The van der Waals surface area contributed by atoms with E-state index in [2.05, 4.69) is 41.8 Å². The van der Waals surface area contributed by atoms with Crippen LogP contribution in [0.4, 0.5) is 11.4 Å². The van der Waals surface area contributed by atoms with Gasteiger partial charge in [-0.05, 0) is 62.6 Å². The Balaban J connectivity index is 2.26. The van der Waals surface area contributed by atoms with Crippen molar-refractivity contribution in [1.29, 1.82) is 0 Å². The van der Waals surface area contributed by atoms with Crippen molar-refractivity contribution in [1.82, 2.24) is 9.55 Å². The molecular formula is C21H18Br2N4O5. The molecule has 0 saturated carbocycles. The van der Waals surface area contributed by atoms with Gasteiger partial charge >= 0.3 is 5.69 Å². The van der Waals surface area contributed by atoms with Crippen molar-refractivity contribution in [3.63, 3.8) is 0 Å². The summed E-state index contributed by atoms with van der Waals surface area (Å²) < 4.78 is 2.34. The second kappa shape index (κ2) is 8.83. The van der Waals surface area contributed by atoms with Crippen LogP contribution in [0.15, 0.2) is 41.7 Å². The van der Waals surface area contributed by atoms with Crippen LogP contribution in [0.25, 0.3) is 5.69 Å². The topological polar surface area (TPSA) is 131 Å². The van der Waals surface area contributed by atoms with Gasteiger partial charge in [0.05, 0.1) is 10.6 Å². The van der Waals surface area contributed by atoms with Crippen LogP contribution >= 0.6 is 31.9 Å². The molecule has 1 aromatic heterocycles. The molecule has 2 aromatic carbocycles. The van der Waals surface area contributed by atoms with Crippen molar-refractivity contribution in [2.45, 2.75) is 27.7 Å². The van der Waals surface area contributed by atoms with E-state index < -0.39 is 22.1 Å². The second-order valence-electron chi connectivity index (χ2n) is 7.16. The van der Waals surface area contributed by atoms with Gasteiger partial charge in [0.2, 0.25) is 5.88 Å². The van der Waals surface area contributed by atoms with E-state index in [1.165, 1.54) is 0 Å². The third kappa shape index (κ3) is 4.05. The number of benzene rings is 2. The molecule has 0 amide bonds. The average molecular weight is 566 g/mol. The summed E-state index contributed by atoms with van der Waals surface area (Å²) >= 11 is 6.70. The zero-order valence-corrected chi connectivity index (χ0v) is 20.7. The molecule has 3 aromatic rings. The molecule has 0 radical (unpaired) electrons. The van der Waals surface area contributed by atoms with Gasteiger partial charge in [0.25, 0.3) is 11.2 Å². The van der Waals surface area contributed by atoms with Crippen molar-refractivity contribution >= 4 is 49.4 Å². The third-order valence-electron chi connectivity index (χ3n) is 5.21. The minimum Gasteiger partial charge on any atom is -0.493 e. The summed E-state index contributed by atoms with van der Waals surface area (Å²) in [5, 5.41) is 22.4. The summed E-state index contributed by atoms with van der Waals surface area (Å²) in [5.74, 6) is -0.624. The third-order valence-corrected chi connectivity index (χ3v) is 6.90. The minimum atomic E-state index is -0.867. The summed E-state index contributed by atoms with van der Waals surface area (Å²) in [4.78, 5) is 42.3. The molecule has 0 aliphatic rings. The molecule has 0 fully saturated rings. The van der Waals surface area contributed by atoms with Gasteiger partial charge < -0.3 is 5.11 Å². The average Bonchev–Trinajstić information content (AvgIpc) is 2.70. The highest BCUT2D eigenvalue weighted by molar-refractivity contribution is 9.10. The fourth-order valence-corrected chi connectivity index (χ4v) is 4.21. The van der Waals surface area contributed by atoms with Crippen molar-refractivity contribution in [3.8, 4) is 11.6 Å². The number of aromatic nitrogens is 2. The molecule has 0 unspecified atom stereocenters. The lowest BCUT2D eigenvalue weighted by Gasteiger charge is -2.14. The molecule has 1 heterocycles. The standard InChI is InChI=1S/C21H18Br2N4O5/c1-9-7-15(23)12(4)18(27(31)32)17(9)24-8-13-19(28)25-21(30)26(20(13)29)16-6-5-14(22)10(2)11(16)3/h5-8,29H,1-4H3,(H,25,28,30). The fourth-order valence-electron chi connectivity index (χ4n) is 3.25. The molecule has 32 heavy (non-hydrogen) atoms. The first kappa shape index (κ1) is 23.6. The minimum absolute atomic E-state index is 0.0444. The highest BCUT2D eigenvalue weighted by atomic mass is 79.9. The normalized spacial score (nSPS) is 11.3. The number of hydrogen-bond donors (Lipinski definition) is 2. The highest BCUT2D eigenvalue weighted by Gasteiger charge is 2.23. The summed E-state index contributed by atoms with van der Waals surface area (Å²) in [7, 11) is 0. The number of aromatic hydroxyl groups is 1. The smallest absolute Gasteiger partial charge is 0.335 e. The number of rotatable bonds is 4. The maximum atomic E-state index is 12.5. The van der Waals surface area contributed by atoms with E-state index in [0.29, 0.717) is 26.9 Å². The van der Waals surface area contributed by atoms with E-state index in [9.17, 15) is 24.8 Å². The van der Waals surface area contributed by atoms with Gasteiger partial charge in [-0.1, -0.05) is 31.9 Å². The van der Waals surface area contributed by atoms with E-state index >= 15 is 0 Å². The Kier molecular flexibility index (Phi) is 6.51. The molecule has 0 aliphatic carbocycles. The Labute approximate surface area is 198 Å². The Bertz CT molecular complexity index is 1420. The van der Waals surface area contributed by atoms with Crippen LogP contribution in [0, 0.1) is 37.8 Å². The van der Waals surface area contributed by atoms with E-state index in [-0.39, 0.29) is 16.9 Å². The summed E-state index contributed by atoms with van der Waals surface area (Å²) in [5.41, 5.74) is 0.628. The second-order valence-corrected chi connectivity index (χ2v) is 8.87. The van der Waals surface area contributed by atoms with Gasteiger partial charge in [0, 0.05) is 20.7 Å². The maximum Gasteiger partial charge on any atom is 0.335 e. The number of nitro groups is 1. The van der Waals surface area contributed by atoms with Crippen molar-refractivity contribution < 1.29 is 10.0 Å². The van der Waals surface area contributed by atoms with E-state index in [0.717, 1.165) is 20.8 Å². The quantitative estimate of drug-likeness (QED) is 0.270. The molecule has 0 saturated heterocycles. The molecular weight excluding hydrogens is 548 g/mol.